The van der Waals surface area contributed by atoms with Crippen molar-refractivity contribution in [2.24, 2.45) is 0 Å². The first kappa shape index (κ1) is 21.6. The molecule has 1 amide bonds. The van der Waals surface area contributed by atoms with Crippen LogP contribution in [0.1, 0.15) is 15.9 Å². The van der Waals surface area contributed by atoms with Gasteiger partial charge < -0.3 is 4.74 Å². The molecular weight excluding hydrogens is 473 g/mol. The fraction of sp³-hybridized carbons (Fsp3) is 0. The van der Waals surface area contributed by atoms with Gasteiger partial charge in [-0.2, -0.15) is 0 Å². The minimum atomic E-state index is -0.585. The van der Waals surface area contributed by atoms with Crippen molar-refractivity contribution in [3.63, 3.8) is 0 Å². The van der Waals surface area contributed by atoms with Crippen molar-refractivity contribution < 1.29 is 14.3 Å². The highest BCUT2D eigenvalue weighted by Gasteiger charge is 2.33. The fourth-order valence-electron chi connectivity index (χ4n) is 2.87. The minimum absolute atomic E-state index is 0.172. The molecule has 0 atom stereocenters. The van der Waals surface area contributed by atoms with E-state index in [-0.39, 0.29) is 16.5 Å². The molecular formula is C23H13Cl2NO3S2. The normalized spacial score (nSPS) is 14.9. The fourth-order valence-corrected chi connectivity index (χ4v) is 4.65. The SMILES string of the molecule is O=C(Oc1ccc(/C=C2/SC(=S)N(c3ccccc3)C2=O)cc1)c1ccc(Cl)cc1Cl. The Morgan fingerprint density at radius 3 is 2.39 bits per heavy atom. The average molecular weight is 486 g/mol. The summed E-state index contributed by atoms with van der Waals surface area (Å²) >= 11 is 18.5. The number of thiocarbonyl (C=S) groups is 1. The van der Waals surface area contributed by atoms with Crippen molar-refractivity contribution >= 4 is 75.1 Å². The molecule has 0 aromatic heterocycles. The molecule has 31 heavy (non-hydrogen) atoms. The number of thioether (sulfide) groups is 1. The van der Waals surface area contributed by atoms with Crippen molar-refractivity contribution in [3.05, 3.63) is 98.9 Å². The zero-order valence-corrected chi connectivity index (χ0v) is 18.9. The molecule has 0 saturated carbocycles. The molecule has 4 rings (SSSR count). The number of hydrogen-bond acceptors (Lipinski definition) is 5. The second-order valence-corrected chi connectivity index (χ2v) is 8.95. The summed E-state index contributed by atoms with van der Waals surface area (Å²) in [5.41, 5.74) is 1.73. The number of nitrogens with zero attached hydrogens (tertiary/aromatic N) is 1. The molecule has 0 spiro atoms. The van der Waals surface area contributed by atoms with Crippen molar-refractivity contribution in [2.75, 3.05) is 4.90 Å². The molecule has 154 valence electrons. The highest BCUT2D eigenvalue weighted by atomic mass is 35.5. The summed E-state index contributed by atoms with van der Waals surface area (Å²) < 4.78 is 5.85. The lowest BCUT2D eigenvalue weighted by molar-refractivity contribution is -0.113. The third kappa shape index (κ3) is 4.83. The van der Waals surface area contributed by atoms with Gasteiger partial charge in [0.15, 0.2) is 4.32 Å². The van der Waals surface area contributed by atoms with E-state index in [0.29, 0.717) is 20.0 Å². The quantitative estimate of drug-likeness (QED) is 0.180. The van der Waals surface area contributed by atoms with E-state index in [1.807, 2.05) is 30.3 Å². The molecule has 0 aliphatic carbocycles. The topological polar surface area (TPSA) is 46.6 Å². The van der Waals surface area contributed by atoms with E-state index < -0.39 is 5.97 Å². The smallest absolute Gasteiger partial charge is 0.345 e. The van der Waals surface area contributed by atoms with E-state index in [1.165, 1.54) is 28.8 Å². The lowest BCUT2D eigenvalue weighted by Crippen LogP contribution is -2.27. The molecule has 4 nitrogen and oxygen atoms in total. The van der Waals surface area contributed by atoms with Crippen LogP contribution >= 0.6 is 47.2 Å². The van der Waals surface area contributed by atoms with Crippen molar-refractivity contribution in [2.45, 2.75) is 0 Å². The first-order valence-electron chi connectivity index (χ1n) is 9.03. The van der Waals surface area contributed by atoms with Crippen LogP contribution in [0.4, 0.5) is 5.69 Å². The van der Waals surface area contributed by atoms with Gasteiger partial charge in [0.25, 0.3) is 5.91 Å². The van der Waals surface area contributed by atoms with Gasteiger partial charge in [-0.05, 0) is 54.1 Å². The number of ether oxygens (including phenoxy) is 1. The Labute approximate surface area is 198 Å². The predicted molar refractivity (Wildman–Crippen MR) is 130 cm³/mol. The summed E-state index contributed by atoms with van der Waals surface area (Å²) in [6.07, 6.45) is 1.75. The zero-order valence-electron chi connectivity index (χ0n) is 15.7. The number of carbonyl (C=O) groups excluding carboxylic acids is 2. The van der Waals surface area contributed by atoms with Gasteiger partial charge in [-0.3, -0.25) is 9.69 Å². The third-order valence-corrected chi connectivity index (χ3v) is 6.20. The summed E-state index contributed by atoms with van der Waals surface area (Å²) in [5.74, 6) is -0.405. The number of amides is 1. The van der Waals surface area contributed by atoms with Crippen molar-refractivity contribution in [3.8, 4) is 5.75 Å². The highest BCUT2D eigenvalue weighted by Crippen LogP contribution is 2.36. The molecule has 0 bridgehead atoms. The lowest BCUT2D eigenvalue weighted by atomic mass is 10.2. The van der Waals surface area contributed by atoms with Gasteiger partial charge in [0.05, 0.1) is 21.2 Å². The van der Waals surface area contributed by atoms with Crippen molar-refractivity contribution in [1.29, 1.82) is 0 Å². The van der Waals surface area contributed by atoms with Gasteiger partial charge in [0, 0.05) is 5.02 Å². The van der Waals surface area contributed by atoms with E-state index in [4.69, 9.17) is 40.2 Å². The molecule has 1 heterocycles. The third-order valence-electron chi connectivity index (χ3n) is 4.35. The van der Waals surface area contributed by atoms with Crippen LogP contribution in [0.2, 0.25) is 10.0 Å². The number of carbonyl (C=O) groups is 2. The van der Waals surface area contributed by atoms with Crippen LogP contribution in [0.3, 0.4) is 0 Å². The predicted octanol–water partition coefficient (Wildman–Crippen LogP) is 6.62. The number of hydrogen-bond donors (Lipinski definition) is 0. The number of halogens is 2. The summed E-state index contributed by atoms with van der Waals surface area (Å²) in [5, 5.41) is 0.651. The maximum Gasteiger partial charge on any atom is 0.345 e. The van der Waals surface area contributed by atoms with Crippen LogP contribution < -0.4 is 9.64 Å². The molecule has 0 radical (unpaired) electrons. The van der Waals surface area contributed by atoms with Gasteiger partial charge in [0.1, 0.15) is 5.75 Å². The molecule has 1 aliphatic heterocycles. The van der Waals surface area contributed by atoms with Gasteiger partial charge in [-0.15, -0.1) is 0 Å². The summed E-state index contributed by atoms with van der Waals surface area (Å²) in [4.78, 5) is 27.2. The van der Waals surface area contributed by atoms with E-state index in [1.54, 1.807) is 36.4 Å². The minimum Gasteiger partial charge on any atom is -0.423 e. The average Bonchev–Trinajstić information content (AvgIpc) is 3.03. The molecule has 8 heteroatoms. The van der Waals surface area contributed by atoms with Crippen LogP contribution in [0.15, 0.2) is 77.7 Å². The Kier molecular flexibility index (Phi) is 6.43. The van der Waals surface area contributed by atoms with Crippen LogP contribution in [-0.4, -0.2) is 16.2 Å². The Morgan fingerprint density at radius 1 is 1.00 bits per heavy atom. The highest BCUT2D eigenvalue weighted by molar-refractivity contribution is 8.27. The molecule has 3 aromatic carbocycles. The Balaban J connectivity index is 1.48. The van der Waals surface area contributed by atoms with Gasteiger partial charge >= 0.3 is 5.97 Å². The first-order valence-corrected chi connectivity index (χ1v) is 11.0. The Bertz CT molecular complexity index is 1210. The molecule has 3 aromatic rings. The second-order valence-electron chi connectivity index (χ2n) is 6.44. The van der Waals surface area contributed by atoms with Gasteiger partial charge in [-0.1, -0.05) is 77.5 Å². The van der Waals surface area contributed by atoms with Crippen molar-refractivity contribution in [1.82, 2.24) is 0 Å². The second kappa shape index (κ2) is 9.24. The Morgan fingerprint density at radius 2 is 1.71 bits per heavy atom. The monoisotopic (exact) mass is 485 g/mol. The molecule has 0 N–H and O–H groups in total. The van der Waals surface area contributed by atoms with Gasteiger partial charge in [-0.25, -0.2) is 4.79 Å². The zero-order chi connectivity index (χ0) is 22.0. The Hall–Kier alpha value is -2.64. The summed E-state index contributed by atoms with van der Waals surface area (Å²) in [7, 11) is 0. The van der Waals surface area contributed by atoms with E-state index in [0.717, 1.165) is 11.3 Å². The molecule has 1 fully saturated rings. The number of para-hydroxylation sites is 1. The summed E-state index contributed by atoms with van der Waals surface area (Å²) in [6.45, 7) is 0. The van der Waals surface area contributed by atoms with Crippen LogP contribution in [0.25, 0.3) is 6.08 Å². The first-order chi connectivity index (χ1) is 14.9. The largest absolute Gasteiger partial charge is 0.423 e. The number of rotatable bonds is 4. The summed E-state index contributed by atoms with van der Waals surface area (Å²) in [6, 6.07) is 20.6. The number of anilines is 1. The van der Waals surface area contributed by atoms with Gasteiger partial charge in [0.2, 0.25) is 0 Å². The van der Waals surface area contributed by atoms with E-state index in [9.17, 15) is 9.59 Å². The molecule has 1 saturated heterocycles. The van der Waals surface area contributed by atoms with Crippen LogP contribution in [0.5, 0.6) is 5.75 Å². The van der Waals surface area contributed by atoms with Crippen LogP contribution in [-0.2, 0) is 4.79 Å². The lowest BCUT2D eigenvalue weighted by Gasteiger charge is -2.13. The number of benzene rings is 3. The molecule has 1 aliphatic rings. The molecule has 0 unspecified atom stereocenters. The maximum atomic E-state index is 12.8. The van der Waals surface area contributed by atoms with Crippen LogP contribution in [0, 0.1) is 0 Å². The standard InChI is InChI=1S/C23H13Cl2NO3S2/c24-15-8-11-18(19(25)13-15)22(28)29-17-9-6-14(7-10-17)12-20-21(27)26(23(30)31-20)16-4-2-1-3-5-16/h1-13H/b20-12+. The van der Waals surface area contributed by atoms with E-state index in [2.05, 4.69) is 0 Å². The number of esters is 1. The maximum absolute atomic E-state index is 12.8. The van der Waals surface area contributed by atoms with E-state index >= 15 is 0 Å².